The van der Waals surface area contributed by atoms with Crippen molar-refractivity contribution in [2.24, 2.45) is 0 Å². The van der Waals surface area contributed by atoms with Crippen molar-refractivity contribution in [3.8, 4) is 16.8 Å². The summed E-state index contributed by atoms with van der Waals surface area (Å²) in [7, 11) is 0.459. The summed E-state index contributed by atoms with van der Waals surface area (Å²) in [5.41, 5.74) is 3.71. The van der Waals surface area contributed by atoms with Crippen molar-refractivity contribution in [3.63, 3.8) is 0 Å². The predicted molar refractivity (Wildman–Crippen MR) is 241 cm³/mol. The molecule has 0 unspecified atom stereocenters. The number of aromatic nitrogens is 5. The fraction of sp³-hybridized carbons (Fsp3) is 0.591. The molecule has 5 rings (SSSR count). The number of rotatable bonds is 25. The summed E-state index contributed by atoms with van der Waals surface area (Å²) < 4.78 is 45.5. The van der Waals surface area contributed by atoms with E-state index in [-0.39, 0.29) is 38.6 Å². The first kappa shape index (κ1) is 47.1. The number of ether oxygens (including phenoxy) is 7. The Balaban J connectivity index is 1.65. The number of benzene rings is 1. The van der Waals surface area contributed by atoms with E-state index in [0.717, 1.165) is 46.0 Å². The molecule has 0 bridgehead atoms. The highest BCUT2D eigenvalue weighted by molar-refractivity contribution is 6.76. The van der Waals surface area contributed by atoms with Crippen LogP contribution in [0.4, 0.5) is 5.82 Å². The van der Waals surface area contributed by atoms with Gasteiger partial charge in [-0.3, -0.25) is 0 Å². The third kappa shape index (κ3) is 12.6. The Morgan fingerprint density at radius 2 is 1.48 bits per heavy atom. The SMILES string of the molecule is C=C(OCC)c1c(C2CCC(OCCOC)(C(=O)OCCOC)CC2)nc2c(-c3cnn(-c4ccccc4)c3)cnn2c1N(COCC[Si](C)(C)C)COCC[Si](C)(C)C. The second kappa shape index (κ2) is 21.7. The molecular formula is C44H68N6O8Si2. The van der Waals surface area contributed by atoms with Gasteiger partial charge in [0, 0.05) is 66.8 Å². The number of esters is 1. The van der Waals surface area contributed by atoms with Gasteiger partial charge < -0.3 is 38.1 Å². The van der Waals surface area contributed by atoms with Crippen LogP contribution in [0.5, 0.6) is 0 Å². The monoisotopic (exact) mass is 864 g/mol. The van der Waals surface area contributed by atoms with Crippen LogP contribution in [0, 0.1) is 0 Å². The van der Waals surface area contributed by atoms with Crippen LogP contribution in [0.1, 0.15) is 49.8 Å². The van der Waals surface area contributed by atoms with E-state index in [0.29, 0.717) is 70.1 Å². The van der Waals surface area contributed by atoms with E-state index < -0.39 is 21.7 Å². The molecule has 0 spiro atoms. The van der Waals surface area contributed by atoms with Crippen LogP contribution in [0.15, 0.2) is 55.5 Å². The predicted octanol–water partition coefficient (Wildman–Crippen LogP) is 8.27. The molecule has 14 nitrogen and oxygen atoms in total. The van der Waals surface area contributed by atoms with Gasteiger partial charge in [-0.2, -0.15) is 14.7 Å². The fourth-order valence-electron chi connectivity index (χ4n) is 7.18. The number of carbonyl (C=O) groups excluding carboxylic acids is 1. The summed E-state index contributed by atoms with van der Waals surface area (Å²) in [5.74, 6) is 0.724. The van der Waals surface area contributed by atoms with Crippen LogP contribution >= 0.6 is 0 Å². The lowest BCUT2D eigenvalue weighted by Crippen LogP contribution is -2.47. The second-order valence-electron chi connectivity index (χ2n) is 17.8. The summed E-state index contributed by atoms with van der Waals surface area (Å²) >= 11 is 0. The summed E-state index contributed by atoms with van der Waals surface area (Å²) in [4.78, 5) is 21.3. The highest BCUT2D eigenvalue weighted by Crippen LogP contribution is 2.45. The number of para-hydroxylation sites is 1. The minimum absolute atomic E-state index is 0.0934. The molecule has 0 atom stereocenters. The van der Waals surface area contributed by atoms with Gasteiger partial charge in [0.2, 0.25) is 0 Å². The van der Waals surface area contributed by atoms with Gasteiger partial charge in [-0.05, 0) is 56.8 Å². The average Bonchev–Trinajstić information content (AvgIpc) is 3.88. The van der Waals surface area contributed by atoms with Crippen molar-refractivity contribution >= 4 is 39.3 Å². The molecule has 0 N–H and O–H groups in total. The third-order valence-electron chi connectivity index (χ3n) is 10.7. The minimum atomic E-state index is -1.37. The molecule has 1 aliphatic rings. The molecule has 60 heavy (non-hydrogen) atoms. The normalized spacial score (nSPS) is 17.2. The number of hydrogen-bond donors (Lipinski definition) is 0. The van der Waals surface area contributed by atoms with E-state index in [2.05, 4.69) is 50.8 Å². The first-order valence-corrected chi connectivity index (χ1v) is 28.7. The number of carbonyl (C=O) groups is 1. The Kier molecular flexibility index (Phi) is 17.1. The van der Waals surface area contributed by atoms with Crippen LogP contribution < -0.4 is 4.90 Å². The van der Waals surface area contributed by atoms with Crippen LogP contribution in [0.3, 0.4) is 0 Å². The molecule has 330 valence electrons. The van der Waals surface area contributed by atoms with E-state index >= 15 is 0 Å². The molecule has 3 heterocycles. The molecule has 0 saturated heterocycles. The van der Waals surface area contributed by atoms with Crippen molar-refractivity contribution in [1.82, 2.24) is 24.4 Å². The van der Waals surface area contributed by atoms with Crippen LogP contribution in [0.25, 0.3) is 28.2 Å². The molecule has 0 amide bonds. The topological polar surface area (TPSA) is 133 Å². The van der Waals surface area contributed by atoms with E-state index in [9.17, 15) is 4.79 Å². The maximum absolute atomic E-state index is 13.7. The highest BCUT2D eigenvalue weighted by Gasteiger charge is 2.46. The second-order valence-corrected chi connectivity index (χ2v) is 29.1. The number of fused-ring (bicyclic) bond motifs is 1. The first-order valence-electron chi connectivity index (χ1n) is 21.2. The molecule has 1 aromatic carbocycles. The van der Waals surface area contributed by atoms with Gasteiger partial charge in [0.25, 0.3) is 0 Å². The molecule has 16 heteroatoms. The van der Waals surface area contributed by atoms with Crippen molar-refractivity contribution in [1.29, 1.82) is 0 Å². The van der Waals surface area contributed by atoms with Gasteiger partial charge in [0.05, 0.1) is 55.8 Å². The summed E-state index contributed by atoms with van der Waals surface area (Å²) in [6.07, 6.45) is 7.73. The molecule has 0 aliphatic heterocycles. The lowest BCUT2D eigenvalue weighted by molar-refractivity contribution is -0.180. The van der Waals surface area contributed by atoms with Gasteiger partial charge in [0.15, 0.2) is 11.2 Å². The Labute approximate surface area is 358 Å². The lowest BCUT2D eigenvalue weighted by atomic mass is 9.76. The Bertz CT molecular complexity index is 1950. The molecule has 1 saturated carbocycles. The van der Waals surface area contributed by atoms with E-state index in [1.807, 2.05) is 65.0 Å². The van der Waals surface area contributed by atoms with E-state index in [4.69, 9.17) is 48.3 Å². The zero-order valence-corrected chi connectivity index (χ0v) is 39.5. The fourth-order valence-corrected chi connectivity index (χ4v) is 8.70. The quantitative estimate of drug-likeness (QED) is 0.0209. The highest BCUT2D eigenvalue weighted by atomic mass is 28.3. The van der Waals surface area contributed by atoms with Crippen LogP contribution in [0.2, 0.25) is 51.4 Å². The smallest absolute Gasteiger partial charge is 0.338 e. The zero-order valence-electron chi connectivity index (χ0n) is 37.5. The first-order chi connectivity index (χ1) is 28.7. The number of nitrogens with zero attached hydrogens (tertiary/aromatic N) is 6. The molecular weight excluding hydrogens is 797 g/mol. The van der Waals surface area contributed by atoms with Crippen LogP contribution in [-0.4, -0.2) is 126 Å². The molecule has 1 fully saturated rings. The number of anilines is 1. The molecule has 0 radical (unpaired) electrons. The number of methoxy groups -OCH3 is 2. The Hall–Kier alpha value is -3.91. The third-order valence-corrected chi connectivity index (χ3v) is 14.1. The lowest BCUT2D eigenvalue weighted by Gasteiger charge is -2.38. The summed E-state index contributed by atoms with van der Waals surface area (Å²) in [6, 6.07) is 12.1. The van der Waals surface area contributed by atoms with E-state index in [1.165, 1.54) is 0 Å². The van der Waals surface area contributed by atoms with Crippen molar-refractivity contribution < 1.29 is 38.0 Å². The largest absolute Gasteiger partial charge is 0.494 e. The standard InChI is InChI=1S/C44H68N6O8Si2/c1-11-56-34(2)39-40(35-17-19-44(20-18-35,58-24-22-53-4)43(51)57-23-21-52-3)47-41-38(36-29-45-49(31-36)37-15-13-12-14-16-37)30-46-50(41)42(39)48(32-54-25-27-59(5,6)7)33-55-26-28-60(8,9)10/h12-16,29-31,35H,2,11,17-28,32-33H2,1,3-10H3. The molecule has 1 aliphatic carbocycles. The van der Waals surface area contributed by atoms with Gasteiger partial charge in [-0.15, -0.1) is 0 Å². The maximum atomic E-state index is 13.7. The van der Waals surface area contributed by atoms with Crippen molar-refractivity contribution in [3.05, 3.63) is 66.8 Å². The summed E-state index contributed by atoms with van der Waals surface area (Å²) in [6.45, 7) is 23.8. The Morgan fingerprint density at radius 3 is 2.08 bits per heavy atom. The van der Waals surface area contributed by atoms with Crippen LogP contribution in [-0.2, 0) is 38.0 Å². The zero-order chi connectivity index (χ0) is 43.3. The van der Waals surface area contributed by atoms with Gasteiger partial charge >= 0.3 is 5.97 Å². The number of hydrogen-bond acceptors (Lipinski definition) is 12. The van der Waals surface area contributed by atoms with Crippen molar-refractivity contribution in [2.75, 3.05) is 78.8 Å². The van der Waals surface area contributed by atoms with Gasteiger partial charge in [-0.25, -0.2) is 14.5 Å². The molecule has 3 aromatic heterocycles. The average molecular weight is 865 g/mol. The summed E-state index contributed by atoms with van der Waals surface area (Å²) in [5, 5.41) is 9.74. The molecule has 4 aromatic rings. The Morgan fingerprint density at radius 1 is 0.850 bits per heavy atom. The maximum Gasteiger partial charge on any atom is 0.338 e. The van der Waals surface area contributed by atoms with E-state index in [1.54, 1.807) is 14.2 Å². The van der Waals surface area contributed by atoms with Gasteiger partial charge in [-0.1, -0.05) is 64.1 Å². The van der Waals surface area contributed by atoms with Crippen molar-refractivity contribution in [2.45, 2.75) is 95.5 Å². The van der Waals surface area contributed by atoms with Gasteiger partial charge in [0.1, 0.15) is 31.6 Å². The minimum Gasteiger partial charge on any atom is -0.494 e.